The minimum Gasteiger partial charge on any atom is -0.354 e. The molecule has 0 atom stereocenters. The summed E-state index contributed by atoms with van der Waals surface area (Å²) >= 11 is 12.0. The van der Waals surface area contributed by atoms with E-state index in [1.54, 1.807) is 18.2 Å². The van der Waals surface area contributed by atoms with Gasteiger partial charge in [0.25, 0.3) is 0 Å². The quantitative estimate of drug-likeness (QED) is 0.867. The average molecular weight is 331 g/mol. The number of nitrogens with zero attached hydrogens (tertiary/aromatic N) is 1. The van der Waals surface area contributed by atoms with Crippen molar-refractivity contribution in [1.29, 1.82) is 0 Å². The fourth-order valence-corrected chi connectivity index (χ4v) is 2.41. The maximum Gasteiger partial charge on any atom is 0.223 e. The zero-order valence-corrected chi connectivity index (χ0v) is 14.0. The van der Waals surface area contributed by atoms with Crippen LogP contribution in [0.5, 0.6) is 0 Å². The molecule has 116 valence electrons. The molecule has 0 aliphatic heterocycles. The van der Waals surface area contributed by atoms with Gasteiger partial charge >= 0.3 is 0 Å². The molecule has 0 bridgehead atoms. The van der Waals surface area contributed by atoms with Crippen molar-refractivity contribution in [2.75, 3.05) is 18.0 Å². The van der Waals surface area contributed by atoms with E-state index < -0.39 is 0 Å². The summed E-state index contributed by atoms with van der Waals surface area (Å²) in [7, 11) is 0. The second-order valence-corrected chi connectivity index (χ2v) is 6.06. The number of amides is 2. The highest BCUT2D eigenvalue weighted by Gasteiger charge is 2.15. The summed E-state index contributed by atoms with van der Waals surface area (Å²) in [5.74, 6) is 0.146. The molecule has 21 heavy (non-hydrogen) atoms. The Balaban J connectivity index is 2.67. The molecular weight excluding hydrogens is 311 g/mol. The maximum atomic E-state index is 11.8. The Bertz CT molecular complexity index is 518. The number of carbonyl (C=O) groups is 2. The van der Waals surface area contributed by atoms with Gasteiger partial charge in [-0.15, -0.1) is 0 Å². The van der Waals surface area contributed by atoms with Crippen molar-refractivity contribution in [3.05, 3.63) is 28.2 Å². The molecule has 6 heteroatoms. The van der Waals surface area contributed by atoms with E-state index in [9.17, 15) is 9.59 Å². The van der Waals surface area contributed by atoms with Gasteiger partial charge in [0.2, 0.25) is 11.8 Å². The molecule has 0 fully saturated rings. The SMILES string of the molecule is CC(=O)N(CCNC(=O)CC(C)C)c1ccc(Cl)cc1Cl. The second-order valence-electron chi connectivity index (χ2n) is 5.21. The van der Waals surface area contributed by atoms with Crippen molar-refractivity contribution in [2.24, 2.45) is 5.92 Å². The van der Waals surface area contributed by atoms with Crippen LogP contribution in [-0.2, 0) is 9.59 Å². The van der Waals surface area contributed by atoms with Crippen LogP contribution in [0.1, 0.15) is 27.2 Å². The van der Waals surface area contributed by atoms with Gasteiger partial charge in [0, 0.05) is 31.5 Å². The van der Waals surface area contributed by atoms with Crippen molar-refractivity contribution < 1.29 is 9.59 Å². The Kier molecular flexibility index (Phi) is 6.99. The topological polar surface area (TPSA) is 49.4 Å². The molecule has 1 rings (SSSR count). The molecule has 0 saturated heterocycles. The van der Waals surface area contributed by atoms with Crippen LogP contribution >= 0.6 is 23.2 Å². The van der Waals surface area contributed by atoms with E-state index in [4.69, 9.17) is 23.2 Å². The van der Waals surface area contributed by atoms with Crippen LogP contribution in [0.25, 0.3) is 0 Å². The van der Waals surface area contributed by atoms with Gasteiger partial charge in [-0.3, -0.25) is 9.59 Å². The van der Waals surface area contributed by atoms with Gasteiger partial charge < -0.3 is 10.2 Å². The first-order valence-corrected chi connectivity index (χ1v) is 7.56. The molecule has 0 aromatic heterocycles. The first-order valence-electron chi connectivity index (χ1n) is 6.81. The summed E-state index contributed by atoms with van der Waals surface area (Å²) in [5, 5.41) is 3.72. The lowest BCUT2D eigenvalue weighted by molar-refractivity contribution is -0.122. The number of hydrogen-bond acceptors (Lipinski definition) is 2. The zero-order valence-electron chi connectivity index (χ0n) is 12.5. The molecule has 2 amide bonds. The average Bonchev–Trinajstić information content (AvgIpc) is 2.34. The van der Waals surface area contributed by atoms with Crippen molar-refractivity contribution >= 4 is 40.7 Å². The lowest BCUT2D eigenvalue weighted by Gasteiger charge is -2.22. The Morgan fingerprint density at radius 1 is 1.29 bits per heavy atom. The van der Waals surface area contributed by atoms with Gasteiger partial charge in [-0.05, 0) is 24.1 Å². The number of carbonyl (C=O) groups excluding carboxylic acids is 2. The molecule has 0 unspecified atom stereocenters. The first kappa shape index (κ1) is 17.8. The molecular formula is C15H20Cl2N2O2. The highest BCUT2D eigenvalue weighted by atomic mass is 35.5. The molecule has 1 aromatic carbocycles. The molecule has 4 nitrogen and oxygen atoms in total. The third-order valence-electron chi connectivity index (χ3n) is 2.83. The lowest BCUT2D eigenvalue weighted by Crippen LogP contribution is -2.38. The minimum atomic E-state index is -0.141. The third-order valence-corrected chi connectivity index (χ3v) is 3.37. The van der Waals surface area contributed by atoms with Crippen molar-refractivity contribution in [1.82, 2.24) is 5.32 Å². The van der Waals surface area contributed by atoms with E-state index >= 15 is 0 Å². The zero-order chi connectivity index (χ0) is 16.0. The summed E-state index contributed by atoms with van der Waals surface area (Å²) in [5.41, 5.74) is 0.590. The number of hydrogen-bond donors (Lipinski definition) is 1. The highest BCUT2D eigenvalue weighted by Crippen LogP contribution is 2.28. The van der Waals surface area contributed by atoms with Crippen LogP contribution in [0.4, 0.5) is 5.69 Å². The van der Waals surface area contributed by atoms with Crippen LogP contribution < -0.4 is 10.2 Å². The van der Waals surface area contributed by atoms with Gasteiger partial charge in [-0.2, -0.15) is 0 Å². The fraction of sp³-hybridized carbons (Fsp3) is 0.467. The highest BCUT2D eigenvalue weighted by molar-refractivity contribution is 6.36. The minimum absolute atomic E-state index is 0.0179. The van der Waals surface area contributed by atoms with Gasteiger partial charge in [-0.25, -0.2) is 0 Å². The predicted molar refractivity (Wildman–Crippen MR) is 87.0 cm³/mol. The number of benzene rings is 1. The summed E-state index contributed by atoms with van der Waals surface area (Å²) in [4.78, 5) is 24.9. The summed E-state index contributed by atoms with van der Waals surface area (Å²) in [6.07, 6.45) is 0.474. The Morgan fingerprint density at radius 3 is 2.48 bits per heavy atom. The molecule has 0 heterocycles. The van der Waals surface area contributed by atoms with Crippen LogP contribution in [0.3, 0.4) is 0 Å². The number of rotatable bonds is 6. The largest absolute Gasteiger partial charge is 0.354 e. The molecule has 1 N–H and O–H groups in total. The van der Waals surface area contributed by atoms with Crippen molar-refractivity contribution in [2.45, 2.75) is 27.2 Å². The molecule has 0 aliphatic rings. The summed E-state index contributed by atoms with van der Waals surface area (Å²) in [6, 6.07) is 4.96. The van der Waals surface area contributed by atoms with Crippen LogP contribution in [0, 0.1) is 5.92 Å². The second kappa shape index (κ2) is 8.25. The molecule has 0 spiro atoms. The smallest absolute Gasteiger partial charge is 0.223 e. The normalized spacial score (nSPS) is 10.6. The van der Waals surface area contributed by atoms with E-state index in [-0.39, 0.29) is 11.8 Å². The molecule has 0 aliphatic carbocycles. The van der Waals surface area contributed by atoms with Crippen LogP contribution in [0.15, 0.2) is 18.2 Å². The van der Waals surface area contributed by atoms with E-state index in [2.05, 4.69) is 5.32 Å². The third kappa shape index (κ3) is 5.94. The maximum absolute atomic E-state index is 11.8. The van der Waals surface area contributed by atoms with E-state index in [0.717, 1.165) is 0 Å². The fourth-order valence-electron chi connectivity index (χ4n) is 1.90. The van der Waals surface area contributed by atoms with E-state index in [1.807, 2.05) is 13.8 Å². The Labute approximate surface area is 135 Å². The van der Waals surface area contributed by atoms with Gasteiger partial charge in [0.15, 0.2) is 0 Å². The molecule has 0 radical (unpaired) electrons. The van der Waals surface area contributed by atoms with E-state index in [1.165, 1.54) is 11.8 Å². The Hall–Kier alpha value is -1.26. The monoisotopic (exact) mass is 330 g/mol. The van der Waals surface area contributed by atoms with Crippen LogP contribution in [0.2, 0.25) is 10.0 Å². The van der Waals surface area contributed by atoms with Crippen molar-refractivity contribution in [3.8, 4) is 0 Å². The first-order chi connectivity index (χ1) is 9.81. The van der Waals surface area contributed by atoms with Gasteiger partial charge in [-0.1, -0.05) is 37.0 Å². The summed E-state index contributed by atoms with van der Waals surface area (Å²) < 4.78 is 0. The standard InChI is InChI=1S/C15H20Cl2N2O2/c1-10(2)8-15(21)18-6-7-19(11(3)20)14-5-4-12(16)9-13(14)17/h4-5,9-10H,6-8H2,1-3H3,(H,18,21). The molecule has 0 saturated carbocycles. The predicted octanol–water partition coefficient (Wildman–Crippen LogP) is 3.51. The summed E-state index contributed by atoms with van der Waals surface area (Å²) in [6.45, 7) is 6.16. The number of anilines is 1. The Morgan fingerprint density at radius 2 is 1.95 bits per heavy atom. The number of halogens is 2. The van der Waals surface area contributed by atoms with E-state index in [0.29, 0.717) is 41.2 Å². The van der Waals surface area contributed by atoms with Gasteiger partial charge in [0.1, 0.15) is 0 Å². The van der Waals surface area contributed by atoms with Crippen LogP contribution in [-0.4, -0.2) is 24.9 Å². The number of nitrogens with one attached hydrogen (secondary N) is 1. The lowest BCUT2D eigenvalue weighted by atomic mass is 10.1. The molecule has 1 aromatic rings. The van der Waals surface area contributed by atoms with Gasteiger partial charge in [0.05, 0.1) is 10.7 Å². The van der Waals surface area contributed by atoms with Crippen molar-refractivity contribution in [3.63, 3.8) is 0 Å².